The van der Waals surface area contributed by atoms with Gasteiger partial charge in [-0.2, -0.15) is 0 Å². The molecule has 2 saturated heterocycles. The van der Waals surface area contributed by atoms with E-state index in [1.54, 1.807) is 0 Å². The molecular weight excluding hydrogens is 402 g/mol. The molecule has 0 saturated carbocycles. The molecule has 2 amide bonds. The van der Waals surface area contributed by atoms with Crippen LogP contribution in [0.3, 0.4) is 0 Å². The van der Waals surface area contributed by atoms with E-state index in [2.05, 4.69) is 10.6 Å². The van der Waals surface area contributed by atoms with E-state index < -0.39 is 0 Å². The number of piperidine rings is 1. The summed E-state index contributed by atoms with van der Waals surface area (Å²) in [6.45, 7) is 3.02. The van der Waals surface area contributed by atoms with Crippen LogP contribution in [0.4, 0.5) is 0 Å². The van der Waals surface area contributed by atoms with Crippen LogP contribution in [0.15, 0.2) is 42.5 Å². The Hall–Kier alpha value is -2.31. The van der Waals surface area contributed by atoms with E-state index in [0.29, 0.717) is 19.0 Å². The van der Waals surface area contributed by atoms with Gasteiger partial charge >= 0.3 is 0 Å². The normalized spacial score (nSPS) is 21.1. The molecule has 0 radical (unpaired) electrons. The van der Waals surface area contributed by atoms with Gasteiger partial charge in [-0.15, -0.1) is 12.4 Å². The number of hydrogen-bond donors (Lipinski definition) is 2. The van der Waals surface area contributed by atoms with Gasteiger partial charge in [0.2, 0.25) is 5.91 Å². The molecule has 0 aromatic heterocycles. The highest BCUT2D eigenvalue weighted by Gasteiger charge is 2.26. The van der Waals surface area contributed by atoms with Crippen LogP contribution in [0, 0.1) is 5.92 Å². The number of carbonyl (C=O) groups is 2. The summed E-state index contributed by atoms with van der Waals surface area (Å²) in [6.07, 6.45) is 3.96. The number of nitrogens with one attached hydrogen (secondary N) is 2. The van der Waals surface area contributed by atoms with Crippen molar-refractivity contribution in [1.29, 1.82) is 0 Å². The van der Waals surface area contributed by atoms with Crippen molar-refractivity contribution < 1.29 is 14.3 Å². The van der Waals surface area contributed by atoms with E-state index in [1.165, 1.54) is 0 Å². The van der Waals surface area contributed by atoms with E-state index >= 15 is 0 Å². The van der Waals surface area contributed by atoms with E-state index in [4.69, 9.17) is 4.74 Å². The second-order valence-electron chi connectivity index (χ2n) is 8.01. The Morgan fingerprint density at radius 2 is 1.93 bits per heavy atom. The predicted molar refractivity (Wildman–Crippen MR) is 120 cm³/mol. The summed E-state index contributed by atoms with van der Waals surface area (Å²) in [5.74, 6) is 1.13. The standard InChI is InChI=1S/C23H29N3O3.ClH/c27-22(16-29-21-11-3-8-18-7-1-2-9-19(18)21)26-13-5-6-17(15-26)14-25-23(28)20-10-4-12-24-20;/h1-3,7-9,11,17,20,24H,4-6,10,12-16H2,(H,25,28);1H. The van der Waals surface area contributed by atoms with Crippen molar-refractivity contribution in [3.8, 4) is 5.75 Å². The van der Waals surface area contributed by atoms with Crippen LogP contribution in [0.1, 0.15) is 25.7 Å². The first-order chi connectivity index (χ1) is 14.2. The molecule has 2 N–H and O–H groups in total. The highest BCUT2D eigenvalue weighted by atomic mass is 35.5. The maximum Gasteiger partial charge on any atom is 0.260 e. The molecule has 2 aliphatic heterocycles. The Morgan fingerprint density at radius 1 is 1.10 bits per heavy atom. The number of rotatable bonds is 6. The summed E-state index contributed by atoms with van der Waals surface area (Å²) in [6, 6.07) is 13.8. The first-order valence-electron chi connectivity index (χ1n) is 10.6. The molecule has 2 aromatic carbocycles. The zero-order valence-corrected chi connectivity index (χ0v) is 18.0. The van der Waals surface area contributed by atoms with Gasteiger partial charge in [0.05, 0.1) is 6.04 Å². The van der Waals surface area contributed by atoms with Gasteiger partial charge in [0, 0.05) is 25.0 Å². The molecule has 0 spiro atoms. The zero-order valence-electron chi connectivity index (χ0n) is 17.1. The maximum atomic E-state index is 12.7. The summed E-state index contributed by atoms with van der Waals surface area (Å²) >= 11 is 0. The molecule has 7 heteroatoms. The molecule has 0 aliphatic carbocycles. The third-order valence-corrected chi connectivity index (χ3v) is 5.91. The Bertz CT molecular complexity index is 864. The molecule has 2 heterocycles. The van der Waals surface area contributed by atoms with Gasteiger partial charge in [-0.1, -0.05) is 36.4 Å². The monoisotopic (exact) mass is 431 g/mol. The number of fused-ring (bicyclic) bond motifs is 1. The Balaban J connectivity index is 0.00000256. The highest BCUT2D eigenvalue weighted by molar-refractivity contribution is 5.88. The number of likely N-dealkylation sites (tertiary alicyclic amines) is 1. The first kappa shape index (κ1) is 22.4. The lowest BCUT2D eigenvalue weighted by Crippen LogP contribution is -2.47. The van der Waals surface area contributed by atoms with Crippen LogP contribution in [0.25, 0.3) is 10.8 Å². The van der Waals surface area contributed by atoms with Crippen molar-refractivity contribution in [2.75, 3.05) is 32.8 Å². The van der Waals surface area contributed by atoms with Crippen LogP contribution in [-0.4, -0.2) is 55.5 Å². The van der Waals surface area contributed by atoms with Gasteiger partial charge in [-0.25, -0.2) is 0 Å². The SMILES string of the molecule is Cl.O=C(NCC1CCCN(C(=O)COc2cccc3ccccc23)C1)C1CCCN1. The van der Waals surface area contributed by atoms with Crippen molar-refractivity contribution in [3.05, 3.63) is 42.5 Å². The van der Waals surface area contributed by atoms with Gasteiger partial charge in [0.25, 0.3) is 5.91 Å². The fourth-order valence-electron chi connectivity index (χ4n) is 4.29. The van der Waals surface area contributed by atoms with Crippen molar-refractivity contribution >= 4 is 35.0 Å². The maximum absolute atomic E-state index is 12.7. The number of hydrogen-bond acceptors (Lipinski definition) is 4. The van der Waals surface area contributed by atoms with Crippen molar-refractivity contribution in [2.24, 2.45) is 5.92 Å². The van der Waals surface area contributed by atoms with Gasteiger partial charge < -0.3 is 20.3 Å². The topological polar surface area (TPSA) is 70.7 Å². The lowest BCUT2D eigenvalue weighted by molar-refractivity contribution is -0.135. The summed E-state index contributed by atoms with van der Waals surface area (Å²) in [5, 5.41) is 8.40. The summed E-state index contributed by atoms with van der Waals surface area (Å²) in [7, 11) is 0. The summed E-state index contributed by atoms with van der Waals surface area (Å²) in [5.41, 5.74) is 0. The largest absolute Gasteiger partial charge is 0.483 e. The van der Waals surface area contributed by atoms with Gasteiger partial charge in [0.15, 0.2) is 6.61 Å². The van der Waals surface area contributed by atoms with Gasteiger partial charge in [-0.3, -0.25) is 9.59 Å². The summed E-state index contributed by atoms with van der Waals surface area (Å²) in [4.78, 5) is 26.8. The smallest absolute Gasteiger partial charge is 0.260 e. The minimum absolute atomic E-state index is 0. The average Bonchev–Trinajstić information content (AvgIpc) is 3.31. The third kappa shape index (κ3) is 5.43. The fourth-order valence-corrected chi connectivity index (χ4v) is 4.29. The number of benzene rings is 2. The lowest BCUT2D eigenvalue weighted by atomic mass is 9.97. The first-order valence-corrected chi connectivity index (χ1v) is 10.6. The van der Waals surface area contributed by atoms with E-state index in [1.807, 2.05) is 47.4 Å². The number of halogens is 1. The number of ether oxygens (including phenoxy) is 1. The highest BCUT2D eigenvalue weighted by Crippen LogP contribution is 2.25. The van der Waals surface area contributed by atoms with Crippen molar-refractivity contribution in [1.82, 2.24) is 15.5 Å². The lowest BCUT2D eigenvalue weighted by Gasteiger charge is -2.33. The third-order valence-electron chi connectivity index (χ3n) is 5.91. The molecule has 0 bridgehead atoms. The fraction of sp³-hybridized carbons (Fsp3) is 0.478. The van der Waals surface area contributed by atoms with Crippen molar-refractivity contribution in [2.45, 2.75) is 31.7 Å². The minimum Gasteiger partial charge on any atom is -0.483 e. The van der Waals surface area contributed by atoms with Crippen molar-refractivity contribution in [3.63, 3.8) is 0 Å². The summed E-state index contributed by atoms with van der Waals surface area (Å²) < 4.78 is 5.87. The van der Waals surface area contributed by atoms with E-state index in [9.17, 15) is 9.59 Å². The Labute approximate surface area is 183 Å². The number of amides is 2. The van der Waals surface area contributed by atoms with E-state index in [0.717, 1.165) is 55.3 Å². The molecule has 2 aliphatic rings. The van der Waals surface area contributed by atoms with Gasteiger partial charge in [0.1, 0.15) is 5.75 Å². The molecular formula is C23H30ClN3O3. The van der Waals surface area contributed by atoms with Crippen LogP contribution in [-0.2, 0) is 9.59 Å². The quantitative estimate of drug-likeness (QED) is 0.737. The molecule has 2 unspecified atom stereocenters. The molecule has 2 aromatic rings. The molecule has 6 nitrogen and oxygen atoms in total. The van der Waals surface area contributed by atoms with E-state index in [-0.39, 0.29) is 36.9 Å². The van der Waals surface area contributed by atoms with Gasteiger partial charge in [-0.05, 0) is 49.6 Å². The molecule has 30 heavy (non-hydrogen) atoms. The number of nitrogens with zero attached hydrogens (tertiary/aromatic N) is 1. The van der Waals surface area contributed by atoms with Crippen LogP contribution >= 0.6 is 12.4 Å². The van der Waals surface area contributed by atoms with Crippen LogP contribution < -0.4 is 15.4 Å². The molecule has 2 atom stereocenters. The second-order valence-corrected chi connectivity index (χ2v) is 8.01. The predicted octanol–water partition coefficient (Wildman–Crippen LogP) is 2.75. The molecule has 4 rings (SSSR count). The molecule has 162 valence electrons. The van der Waals surface area contributed by atoms with Crippen LogP contribution in [0.5, 0.6) is 5.75 Å². The second kappa shape index (κ2) is 10.6. The minimum atomic E-state index is -0.0505. The Kier molecular flexibility index (Phi) is 7.94. The molecule has 2 fully saturated rings. The average molecular weight is 432 g/mol. The zero-order chi connectivity index (χ0) is 20.1. The Morgan fingerprint density at radius 3 is 2.77 bits per heavy atom. The van der Waals surface area contributed by atoms with Crippen LogP contribution in [0.2, 0.25) is 0 Å². The number of carbonyl (C=O) groups excluding carboxylic acids is 2.